The van der Waals surface area contributed by atoms with E-state index in [0.29, 0.717) is 6.54 Å². The highest BCUT2D eigenvalue weighted by atomic mass is 19.4. The normalized spacial score (nSPS) is 12.9. The molecule has 0 heterocycles. The first-order chi connectivity index (χ1) is 6.42. The molecule has 0 unspecified atom stereocenters. The van der Waals surface area contributed by atoms with Gasteiger partial charge in [-0.05, 0) is 6.54 Å². The first kappa shape index (κ1) is 13.7. The van der Waals surface area contributed by atoms with Crippen LogP contribution in [0.5, 0.6) is 0 Å². The molecule has 0 saturated heterocycles. The molecule has 14 heavy (non-hydrogen) atoms. The number of methoxy groups -OCH3 is 2. The molecule has 0 amide bonds. The van der Waals surface area contributed by atoms with E-state index in [1.165, 1.54) is 19.1 Å². The summed E-state index contributed by atoms with van der Waals surface area (Å²) >= 11 is 0. The van der Waals surface area contributed by atoms with Crippen LogP contribution in [0.25, 0.3) is 0 Å². The van der Waals surface area contributed by atoms with Gasteiger partial charge < -0.3 is 9.47 Å². The predicted octanol–water partition coefficient (Wildman–Crippen LogP) is 1.49. The number of rotatable bonds is 6. The fourth-order valence-corrected chi connectivity index (χ4v) is 1.02. The van der Waals surface area contributed by atoms with Crippen molar-refractivity contribution in [2.75, 3.05) is 33.9 Å². The second-order valence-electron chi connectivity index (χ2n) is 2.84. The minimum Gasteiger partial charge on any atom is -0.355 e. The lowest BCUT2D eigenvalue weighted by Gasteiger charge is -2.25. The zero-order chi connectivity index (χ0) is 11.2. The third-order valence-electron chi connectivity index (χ3n) is 1.78. The van der Waals surface area contributed by atoms with Gasteiger partial charge in [-0.3, -0.25) is 4.90 Å². The lowest BCUT2D eigenvalue weighted by atomic mass is 10.4. The van der Waals surface area contributed by atoms with E-state index in [9.17, 15) is 13.2 Å². The summed E-state index contributed by atoms with van der Waals surface area (Å²) in [6, 6.07) is 0. The summed E-state index contributed by atoms with van der Waals surface area (Å²) in [5, 5.41) is 0. The van der Waals surface area contributed by atoms with E-state index < -0.39 is 19.0 Å². The molecular formula is C8H16F3NO2. The van der Waals surface area contributed by atoms with Gasteiger partial charge in [0, 0.05) is 20.8 Å². The van der Waals surface area contributed by atoms with Crippen molar-refractivity contribution in [1.29, 1.82) is 0 Å². The highest BCUT2D eigenvalue weighted by Crippen LogP contribution is 2.16. The minimum atomic E-state index is -4.18. The van der Waals surface area contributed by atoms with Gasteiger partial charge >= 0.3 is 6.18 Å². The predicted molar refractivity (Wildman–Crippen MR) is 46.0 cm³/mol. The summed E-state index contributed by atoms with van der Waals surface area (Å²) in [5.41, 5.74) is 0. The van der Waals surface area contributed by atoms with Gasteiger partial charge in [0.1, 0.15) is 0 Å². The van der Waals surface area contributed by atoms with E-state index >= 15 is 0 Å². The van der Waals surface area contributed by atoms with Crippen LogP contribution in [0.2, 0.25) is 0 Å². The number of halogens is 3. The van der Waals surface area contributed by atoms with Gasteiger partial charge in [0.25, 0.3) is 0 Å². The Balaban J connectivity index is 4.01. The van der Waals surface area contributed by atoms with E-state index in [4.69, 9.17) is 9.47 Å². The lowest BCUT2D eigenvalue weighted by molar-refractivity contribution is -0.164. The zero-order valence-corrected chi connectivity index (χ0v) is 8.60. The molecule has 0 rings (SSSR count). The van der Waals surface area contributed by atoms with E-state index in [1.54, 1.807) is 6.92 Å². The maximum absolute atomic E-state index is 12.0. The van der Waals surface area contributed by atoms with Crippen molar-refractivity contribution in [3.63, 3.8) is 0 Å². The summed E-state index contributed by atoms with van der Waals surface area (Å²) in [5.74, 6) is 0. The van der Waals surface area contributed by atoms with Crippen LogP contribution in [0.3, 0.4) is 0 Å². The third kappa shape index (κ3) is 6.17. The Morgan fingerprint density at radius 2 is 1.71 bits per heavy atom. The average molecular weight is 215 g/mol. The van der Waals surface area contributed by atoms with Gasteiger partial charge in [-0.15, -0.1) is 0 Å². The maximum atomic E-state index is 12.0. The van der Waals surface area contributed by atoms with Crippen LogP contribution in [0.4, 0.5) is 13.2 Å². The van der Waals surface area contributed by atoms with Crippen LogP contribution in [0, 0.1) is 0 Å². The highest BCUT2D eigenvalue weighted by molar-refractivity contribution is 4.63. The fraction of sp³-hybridized carbons (Fsp3) is 1.00. The van der Waals surface area contributed by atoms with E-state index in [-0.39, 0.29) is 6.54 Å². The minimum absolute atomic E-state index is 0.114. The number of ether oxygens (including phenoxy) is 2. The van der Waals surface area contributed by atoms with E-state index in [0.717, 1.165) is 0 Å². The second-order valence-corrected chi connectivity index (χ2v) is 2.84. The van der Waals surface area contributed by atoms with Crippen LogP contribution >= 0.6 is 0 Å². The van der Waals surface area contributed by atoms with Gasteiger partial charge in [-0.1, -0.05) is 6.92 Å². The molecule has 0 aliphatic rings. The van der Waals surface area contributed by atoms with Gasteiger partial charge in [0.2, 0.25) is 0 Å². The Hall–Kier alpha value is -0.330. The molecule has 0 bridgehead atoms. The largest absolute Gasteiger partial charge is 0.401 e. The third-order valence-corrected chi connectivity index (χ3v) is 1.78. The molecule has 0 fully saturated rings. The van der Waals surface area contributed by atoms with Gasteiger partial charge in [0.05, 0.1) is 6.54 Å². The summed E-state index contributed by atoms with van der Waals surface area (Å²) < 4.78 is 45.7. The number of nitrogens with zero attached hydrogens (tertiary/aromatic N) is 1. The Kier molecular flexibility index (Phi) is 6.06. The van der Waals surface area contributed by atoms with Crippen molar-refractivity contribution < 1.29 is 22.6 Å². The van der Waals surface area contributed by atoms with Crippen molar-refractivity contribution in [3.05, 3.63) is 0 Å². The molecule has 0 aliphatic carbocycles. The molecule has 0 atom stereocenters. The quantitative estimate of drug-likeness (QED) is 0.626. The average Bonchev–Trinajstić information content (AvgIpc) is 2.10. The van der Waals surface area contributed by atoms with Crippen molar-refractivity contribution in [3.8, 4) is 0 Å². The number of hydrogen-bond donors (Lipinski definition) is 0. The van der Waals surface area contributed by atoms with Gasteiger partial charge in [0.15, 0.2) is 6.29 Å². The van der Waals surface area contributed by atoms with Crippen molar-refractivity contribution in [2.45, 2.75) is 19.4 Å². The summed E-state index contributed by atoms with van der Waals surface area (Å²) in [4.78, 5) is 1.22. The highest BCUT2D eigenvalue weighted by Gasteiger charge is 2.30. The Bertz CT molecular complexity index is 148. The first-order valence-electron chi connectivity index (χ1n) is 4.27. The van der Waals surface area contributed by atoms with Crippen molar-refractivity contribution in [2.24, 2.45) is 0 Å². The SMILES string of the molecule is CCN(CC(OC)OC)CC(F)(F)F. The van der Waals surface area contributed by atoms with Gasteiger partial charge in [-0.25, -0.2) is 0 Å². The second kappa shape index (κ2) is 6.21. The summed E-state index contributed by atoms with van der Waals surface area (Å²) in [6.07, 6.45) is -4.79. The number of hydrogen-bond acceptors (Lipinski definition) is 3. The molecule has 0 aromatic carbocycles. The van der Waals surface area contributed by atoms with E-state index in [2.05, 4.69) is 0 Å². The molecule has 0 aromatic rings. The molecule has 0 spiro atoms. The van der Waals surface area contributed by atoms with Crippen LogP contribution in [0.15, 0.2) is 0 Å². The maximum Gasteiger partial charge on any atom is 0.401 e. The molecule has 0 radical (unpaired) electrons. The molecule has 0 aliphatic heterocycles. The van der Waals surface area contributed by atoms with Crippen molar-refractivity contribution in [1.82, 2.24) is 4.90 Å². The molecule has 6 heteroatoms. The molecule has 3 nitrogen and oxygen atoms in total. The number of alkyl halides is 3. The van der Waals surface area contributed by atoms with Crippen LogP contribution < -0.4 is 0 Å². The number of likely N-dealkylation sites (N-methyl/N-ethyl adjacent to an activating group) is 1. The van der Waals surface area contributed by atoms with Crippen LogP contribution in [-0.2, 0) is 9.47 Å². The molecule has 86 valence electrons. The zero-order valence-electron chi connectivity index (χ0n) is 8.60. The first-order valence-corrected chi connectivity index (χ1v) is 4.27. The summed E-state index contributed by atoms with van der Waals surface area (Å²) in [6.45, 7) is 1.15. The molecule has 0 aromatic heterocycles. The van der Waals surface area contributed by atoms with Crippen LogP contribution in [-0.4, -0.2) is 51.2 Å². The smallest absolute Gasteiger partial charge is 0.355 e. The Morgan fingerprint density at radius 1 is 1.21 bits per heavy atom. The standard InChI is InChI=1S/C8H16F3NO2/c1-4-12(6-8(9,10)11)5-7(13-2)14-3/h7H,4-6H2,1-3H3. The Labute approximate surface area is 81.8 Å². The monoisotopic (exact) mass is 215 g/mol. The fourth-order valence-electron chi connectivity index (χ4n) is 1.02. The van der Waals surface area contributed by atoms with Crippen LogP contribution in [0.1, 0.15) is 6.92 Å². The van der Waals surface area contributed by atoms with Gasteiger partial charge in [-0.2, -0.15) is 13.2 Å². The van der Waals surface area contributed by atoms with Crippen molar-refractivity contribution >= 4 is 0 Å². The lowest BCUT2D eigenvalue weighted by Crippen LogP contribution is -2.40. The molecule has 0 saturated carbocycles. The molecular weight excluding hydrogens is 199 g/mol. The Morgan fingerprint density at radius 3 is 2.00 bits per heavy atom. The van der Waals surface area contributed by atoms with E-state index in [1.807, 2.05) is 0 Å². The summed E-state index contributed by atoms with van der Waals surface area (Å²) in [7, 11) is 2.80. The molecule has 0 N–H and O–H groups in total. The topological polar surface area (TPSA) is 21.7 Å².